The third-order valence-corrected chi connectivity index (χ3v) is 5.18. The summed E-state index contributed by atoms with van der Waals surface area (Å²) in [4.78, 5) is 35.5. The van der Waals surface area contributed by atoms with E-state index in [9.17, 15) is 9.59 Å². The first-order valence-electron chi connectivity index (χ1n) is 9.06. The van der Waals surface area contributed by atoms with Crippen molar-refractivity contribution in [1.29, 1.82) is 0 Å². The number of pyridine rings is 1. The van der Waals surface area contributed by atoms with Crippen molar-refractivity contribution in [3.8, 4) is 0 Å². The van der Waals surface area contributed by atoms with E-state index < -0.39 is 0 Å². The topological polar surface area (TPSA) is 102 Å². The molecule has 0 unspecified atom stereocenters. The molecular weight excluding hydrogens is 348 g/mol. The number of hydrogen-bond acceptors (Lipinski definition) is 6. The van der Waals surface area contributed by atoms with Crippen molar-refractivity contribution in [2.75, 3.05) is 19.7 Å². The lowest BCUT2D eigenvalue weighted by atomic mass is 9.82. The van der Waals surface area contributed by atoms with E-state index in [0.29, 0.717) is 26.2 Å². The van der Waals surface area contributed by atoms with Crippen molar-refractivity contribution in [2.24, 2.45) is 18.9 Å². The molecule has 0 spiro atoms. The molecule has 2 aliphatic heterocycles. The molecule has 2 amide bonds. The van der Waals surface area contributed by atoms with Crippen LogP contribution in [-0.4, -0.2) is 62.3 Å². The van der Waals surface area contributed by atoms with E-state index in [0.717, 1.165) is 12.1 Å². The summed E-state index contributed by atoms with van der Waals surface area (Å²) in [7, 11) is 1.71. The summed E-state index contributed by atoms with van der Waals surface area (Å²) in [6.45, 7) is 1.79. The number of nitrogens with one attached hydrogen (secondary N) is 1. The number of aromatic nitrogens is 4. The van der Waals surface area contributed by atoms with Crippen LogP contribution >= 0.6 is 0 Å². The summed E-state index contributed by atoms with van der Waals surface area (Å²) < 4.78 is 7.28. The number of carbonyl (C=O) groups excluding carboxylic acids is 2. The minimum Gasteiger partial charge on any atom is -0.376 e. The molecule has 0 aliphatic carbocycles. The lowest BCUT2D eigenvalue weighted by Gasteiger charge is -2.38. The Morgan fingerprint density at radius 1 is 1.30 bits per heavy atom. The number of amides is 2. The molecule has 0 aromatic carbocycles. The van der Waals surface area contributed by atoms with Crippen LogP contribution in [-0.2, 0) is 23.1 Å². The van der Waals surface area contributed by atoms with Gasteiger partial charge in [0.15, 0.2) is 0 Å². The number of aryl methyl sites for hydroxylation is 1. The van der Waals surface area contributed by atoms with Gasteiger partial charge >= 0.3 is 0 Å². The average Bonchev–Trinajstić information content (AvgIpc) is 3.34. The zero-order chi connectivity index (χ0) is 18.8. The maximum atomic E-state index is 12.9. The SMILES string of the molecule is Cn1cnc(C(=O)N2C[C@H]3OCC[C@H]3[C@H](C(=O)NCc3ccccn3)C2)n1. The lowest BCUT2D eigenvalue weighted by molar-refractivity contribution is -0.130. The Kier molecular flexibility index (Phi) is 4.85. The third-order valence-electron chi connectivity index (χ3n) is 5.18. The number of nitrogens with zero attached hydrogens (tertiary/aromatic N) is 5. The Morgan fingerprint density at radius 3 is 2.93 bits per heavy atom. The second-order valence-electron chi connectivity index (χ2n) is 6.96. The second-order valence-corrected chi connectivity index (χ2v) is 6.96. The normalized spacial score (nSPS) is 24.5. The number of ether oxygens (including phenoxy) is 1. The van der Waals surface area contributed by atoms with E-state index in [1.54, 1.807) is 18.1 Å². The molecule has 9 heteroatoms. The monoisotopic (exact) mass is 370 g/mol. The maximum Gasteiger partial charge on any atom is 0.293 e. The van der Waals surface area contributed by atoms with Crippen LogP contribution in [0.3, 0.4) is 0 Å². The summed E-state index contributed by atoms with van der Waals surface area (Å²) in [6, 6.07) is 5.59. The van der Waals surface area contributed by atoms with Crippen LogP contribution in [0.25, 0.3) is 0 Å². The highest BCUT2D eigenvalue weighted by Crippen LogP contribution is 2.34. The van der Waals surface area contributed by atoms with Gasteiger partial charge in [-0.3, -0.25) is 19.3 Å². The summed E-state index contributed by atoms with van der Waals surface area (Å²) in [6.07, 6.45) is 3.89. The third kappa shape index (κ3) is 3.68. The molecule has 27 heavy (non-hydrogen) atoms. The van der Waals surface area contributed by atoms with E-state index in [2.05, 4.69) is 20.4 Å². The quantitative estimate of drug-likeness (QED) is 0.813. The lowest BCUT2D eigenvalue weighted by Crippen LogP contribution is -2.54. The molecule has 2 aromatic rings. The van der Waals surface area contributed by atoms with Gasteiger partial charge in [0.1, 0.15) is 6.33 Å². The summed E-state index contributed by atoms with van der Waals surface area (Å²) in [5.74, 6) is -0.404. The molecule has 4 heterocycles. The Labute approximate surface area is 156 Å². The fraction of sp³-hybridized carbons (Fsp3) is 0.500. The fourth-order valence-corrected chi connectivity index (χ4v) is 3.81. The number of likely N-dealkylation sites (tertiary alicyclic amines) is 1. The van der Waals surface area contributed by atoms with Gasteiger partial charge in [0.2, 0.25) is 11.7 Å². The molecule has 0 radical (unpaired) electrons. The molecule has 4 rings (SSSR count). The molecule has 0 bridgehead atoms. The molecule has 2 aliphatic rings. The van der Waals surface area contributed by atoms with Gasteiger partial charge < -0.3 is 15.0 Å². The van der Waals surface area contributed by atoms with Crippen LogP contribution in [0.4, 0.5) is 0 Å². The first-order chi connectivity index (χ1) is 13.1. The Morgan fingerprint density at radius 2 is 2.19 bits per heavy atom. The van der Waals surface area contributed by atoms with E-state index in [4.69, 9.17) is 4.74 Å². The van der Waals surface area contributed by atoms with Gasteiger partial charge in [0, 0.05) is 38.9 Å². The second kappa shape index (κ2) is 7.43. The predicted octanol–water partition coefficient (Wildman–Crippen LogP) is 0.00360. The zero-order valence-corrected chi connectivity index (χ0v) is 15.1. The number of piperidine rings is 1. The molecule has 0 saturated carbocycles. The van der Waals surface area contributed by atoms with Crippen LogP contribution in [0.1, 0.15) is 22.7 Å². The molecule has 2 fully saturated rings. The van der Waals surface area contributed by atoms with Crippen LogP contribution in [0.15, 0.2) is 30.7 Å². The van der Waals surface area contributed by atoms with Crippen molar-refractivity contribution < 1.29 is 14.3 Å². The van der Waals surface area contributed by atoms with E-state index in [-0.39, 0.29) is 35.6 Å². The molecule has 142 valence electrons. The molecule has 2 aromatic heterocycles. The Hall–Kier alpha value is -2.81. The van der Waals surface area contributed by atoms with Crippen LogP contribution in [0, 0.1) is 11.8 Å². The maximum absolute atomic E-state index is 12.9. The van der Waals surface area contributed by atoms with E-state index in [1.807, 2.05) is 18.2 Å². The van der Waals surface area contributed by atoms with Crippen molar-refractivity contribution in [3.63, 3.8) is 0 Å². The number of fused-ring (bicyclic) bond motifs is 1. The number of carbonyl (C=O) groups is 2. The van der Waals surface area contributed by atoms with Crippen LogP contribution in [0.2, 0.25) is 0 Å². The Balaban J connectivity index is 1.46. The van der Waals surface area contributed by atoms with E-state index >= 15 is 0 Å². The van der Waals surface area contributed by atoms with Crippen molar-refractivity contribution >= 4 is 11.8 Å². The largest absolute Gasteiger partial charge is 0.376 e. The first kappa shape index (κ1) is 17.6. The van der Waals surface area contributed by atoms with E-state index in [1.165, 1.54) is 11.0 Å². The van der Waals surface area contributed by atoms with Gasteiger partial charge in [-0.2, -0.15) is 0 Å². The molecule has 3 atom stereocenters. The summed E-state index contributed by atoms with van der Waals surface area (Å²) >= 11 is 0. The van der Waals surface area contributed by atoms with Crippen LogP contribution in [0.5, 0.6) is 0 Å². The highest BCUT2D eigenvalue weighted by atomic mass is 16.5. The highest BCUT2D eigenvalue weighted by molar-refractivity contribution is 5.91. The minimum atomic E-state index is -0.317. The molecule has 9 nitrogen and oxygen atoms in total. The van der Waals surface area contributed by atoms with Gasteiger partial charge in [-0.25, -0.2) is 4.98 Å². The van der Waals surface area contributed by atoms with Crippen molar-refractivity contribution in [2.45, 2.75) is 19.1 Å². The predicted molar refractivity (Wildman–Crippen MR) is 94.3 cm³/mol. The average molecular weight is 370 g/mol. The van der Waals surface area contributed by atoms with Gasteiger partial charge in [-0.05, 0) is 18.6 Å². The minimum absolute atomic E-state index is 0.0763. The van der Waals surface area contributed by atoms with Crippen molar-refractivity contribution in [3.05, 3.63) is 42.2 Å². The molecule has 1 N–H and O–H groups in total. The van der Waals surface area contributed by atoms with Gasteiger partial charge in [-0.1, -0.05) is 6.07 Å². The summed E-state index contributed by atoms with van der Waals surface area (Å²) in [5, 5.41) is 7.04. The highest BCUT2D eigenvalue weighted by Gasteiger charge is 2.45. The fourth-order valence-electron chi connectivity index (χ4n) is 3.81. The zero-order valence-electron chi connectivity index (χ0n) is 15.1. The first-order valence-corrected chi connectivity index (χ1v) is 9.06. The molecule has 2 saturated heterocycles. The standard InChI is InChI=1S/C18H22N6O3/c1-23-11-21-16(22-23)18(26)24-9-14(13-5-7-27-15(13)10-24)17(25)20-8-12-4-2-3-6-19-12/h2-4,6,11,13-15H,5,7-10H2,1H3,(H,20,25)/t13-,14+,15+/m0/s1. The van der Waals surface area contributed by atoms with Gasteiger partial charge in [0.25, 0.3) is 5.91 Å². The number of hydrogen-bond donors (Lipinski definition) is 1. The number of rotatable bonds is 4. The van der Waals surface area contributed by atoms with Crippen molar-refractivity contribution in [1.82, 2.24) is 30.0 Å². The van der Waals surface area contributed by atoms with Gasteiger partial charge in [0.05, 0.1) is 24.3 Å². The van der Waals surface area contributed by atoms with Gasteiger partial charge in [-0.15, -0.1) is 5.10 Å². The van der Waals surface area contributed by atoms with Crippen LogP contribution < -0.4 is 5.32 Å². The smallest absolute Gasteiger partial charge is 0.293 e. The Bertz CT molecular complexity index is 824. The molecular formula is C18H22N6O3. The summed E-state index contributed by atoms with van der Waals surface area (Å²) in [5.41, 5.74) is 0.798.